The number of ether oxygens (including phenoxy) is 1. The smallest absolute Gasteiger partial charge is 0.209 e. The van der Waals surface area contributed by atoms with E-state index in [1.54, 1.807) is 0 Å². The van der Waals surface area contributed by atoms with Crippen molar-refractivity contribution < 1.29 is 13.2 Å². The van der Waals surface area contributed by atoms with Crippen molar-refractivity contribution in [1.29, 1.82) is 0 Å². The molecule has 0 heterocycles. The van der Waals surface area contributed by atoms with Gasteiger partial charge in [0, 0.05) is 6.61 Å². The highest BCUT2D eigenvalue weighted by Crippen LogP contribution is 2.21. The van der Waals surface area contributed by atoms with Gasteiger partial charge in [-0.15, -0.1) is 0 Å². The Bertz CT molecular complexity index is 247. The number of primary sulfonamides is 1. The molecule has 0 spiro atoms. The highest BCUT2D eigenvalue weighted by molar-refractivity contribution is 7.89. The molecule has 5 heteroatoms. The third-order valence-corrected chi connectivity index (χ3v) is 3.34. The fourth-order valence-electron chi connectivity index (χ4n) is 1.37. The molecule has 0 saturated heterocycles. The molecule has 1 fully saturated rings. The summed E-state index contributed by atoms with van der Waals surface area (Å²) >= 11 is 0. The lowest BCUT2D eigenvalue weighted by Gasteiger charge is -2.25. The number of hydrogen-bond acceptors (Lipinski definition) is 3. The van der Waals surface area contributed by atoms with Crippen molar-refractivity contribution >= 4 is 10.0 Å². The molecule has 2 N–H and O–H groups in total. The zero-order valence-corrected chi connectivity index (χ0v) is 9.26. The second-order valence-electron chi connectivity index (χ2n) is 3.85. The van der Waals surface area contributed by atoms with E-state index in [1.165, 1.54) is 19.3 Å². The Balaban J connectivity index is 1.84. The van der Waals surface area contributed by atoms with E-state index in [-0.39, 0.29) is 5.75 Å². The molecule has 0 atom stereocenters. The Hall–Kier alpha value is -0.130. The van der Waals surface area contributed by atoms with Crippen molar-refractivity contribution in [2.45, 2.75) is 44.6 Å². The van der Waals surface area contributed by atoms with Crippen molar-refractivity contribution in [3.8, 4) is 0 Å². The molecule has 4 nitrogen and oxygen atoms in total. The van der Waals surface area contributed by atoms with Crippen LogP contribution in [0, 0.1) is 0 Å². The molecule has 0 aliphatic heterocycles. The molecular weight excluding hydrogens is 202 g/mol. The van der Waals surface area contributed by atoms with E-state index in [4.69, 9.17) is 9.88 Å². The second-order valence-corrected chi connectivity index (χ2v) is 5.59. The van der Waals surface area contributed by atoms with Gasteiger partial charge in [0.05, 0.1) is 11.9 Å². The zero-order valence-electron chi connectivity index (χ0n) is 8.44. The summed E-state index contributed by atoms with van der Waals surface area (Å²) in [6.45, 7) is 0.759. The third kappa shape index (κ3) is 5.57. The molecule has 1 saturated carbocycles. The van der Waals surface area contributed by atoms with E-state index in [2.05, 4.69) is 0 Å². The second kappa shape index (κ2) is 5.68. The van der Waals surface area contributed by atoms with E-state index in [0.29, 0.717) is 12.5 Å². The molecule has 1 rings (SSSR count). The maximum atomic E-state index is 10.6. The van der Waals surface area contributed by atoms with Crippen LogP contribution in [0.25, 0.3) is 0 Å². The largest absolute Gasteiger partial charge is 0.378 e. The summed E-state index contributed by atoms with van der Waals surface area (Å²) in [4.78, 5) is 0. The highest BCUT2D eigenvalue weighted by atomic mass is 32.2. The van der Waals surface area contributed by atoms with Gasteiger partial charge in [0.15, 0.2) is 0 Å². The molecule has 0 unspecified atom stereocenters. The highest BCUT2D eigenvalue weighted by Gasteiger charge is 2.16. The topological polar surface area (TPSA) is 69.4 Å². The van der Waals surface area contributed by atoms with Crippen molar-refractivity contribution in [3.63, 3.8) is 0 Å². The standard InChI is InChI=1S/C9H19NO3S/c10-14(11,12)8-3-1-2-7-13-9-5-4-6-9/h9H,1-8H2,(H2,10,11,12). The van der Waals surface area contributed by atoms with Gasteiger partial charge in [-0.25, -0.2) is 13.6 Å². The van der Waals surface area contributed by atoms with Crippen LogP contribution in [0.1, 0.15) is 38.5 Å². The average Bonchev–Trinajstić information content (AvgIpc) is 1.97. The van der Waals surface area contributed by atoms with Gasteiger partial charge in [0.25, 0.3) is 0 Å². The summed E-state index contributed by atoms with van der Waals surface area (Å²) in [5.41, 5.74) is 0. The quantitative estimate of drug-likeness (QED) is 0.652. The minimum absolute atomic E-state index is 0.0937. The number of nitrogens with two attached hydrogens (primary N) is 1. The summed E-state index contributed by atoms with van der Waals surface area (Å²) in [6.07, 6.45) is 6.61. The molecule has 0 bridgehead atoms. The first kappa shape index (κ1) is 11.9. The van der Waals surface area contributed by atoms with E-state index in [0.717, 1.165) is 19.4 Å². The van der Waals surface area contributed by atoms with Gasteiger partial charge in [0.1, 0.15) is 0 Å². The molecule has 0 aromatic heterocycles. The first-order valence-electron chi connectivity index (χ1n) is 5.20. The van der Waals surface area contributed by atoms with Crippen LogP contribution in [0.3, 0.4) is 0 Å². The average molecular weight is 221 g/mol. The molecule has 14 heavy (non-hydrogen) atoms. The van der Waals surface area contributed by atoms with Crippen molar-refractivity contribution in [2.24, 2.45) is 5.14 Å². The molecule has 0 aromatic carbocycles. The predicted octanol–water partition coefficient (Wildman–Crippen LogP) is 1.01. The van der Waals surface area contributed by atoms with Crippen molar-refractivity contribution in [2.75, 3.05) is 12.4 Å². The first-order chi connectivity index (χ1) is 6.58. The van der Waals surface area contributed by atoms with Crippen LogP contribution in [0.4, 0.5) is 0 Å². The number of unbranched alkanes of at least 4 members (excludes halogenated alkanes) is 2. The van der Waals surface area contributed by atoms with Crippen LogP contribution < -0.4 is 5.14 Å². The van der Waals surface area contributed by atoms with Crippen LogP contribution in [-0.4, -0.2) is 26.9 Å². The van der Waals surface area contributed by atoms with E-state index in [1.807, 2.05) is 0 Å². The lowest BCUT2D eigenvalue weighted by molar-refractivity contribution is 0.000763. The minimum Gasteiger partial charge on any atom is -0.378 e. The Kier molecular flexibility index (Phi) is 4.84. The fourth-order valence-corrected chi connectivity index (χ4v) is 1.98. The van der Waals surface area contributed by atoms with Gasteiger partial charge in [-0.3, -0.25) is 0 Å². The SMILES string of the molecule is NS(=O)(=O)CCCCCOC1CCC1. The molecular formula is C9H19NO3S. The molecule has 0 aromatic rings. The van der Waals surface area contributed by atoms with Crippen LogP contribution in [0.5, 0.6) is 0 Å². The summed E-state index contributed by atoms with van der Waals surface area (Å²) in [5.74, 6) is 0.0937. The predicted molar refractivity (Wildman–Crippen MR) is 55.4 cm³/mol. The number of sulfonamides is 1. The third-order valence-electron chi connectivity index (χ3n) is 2.48. The van der Waals surface area contributed by atoms with Crippen molar-refractivity contribution in [3.05, 3.63) is 0 Å². The Labute approximate surface area is 85.9 Å². The van der Waals surface area contributed by atoms with E-state index >= 15 is 0 Å². The summed E-state index contributed by atoms with van der Waals surface area (Å²) in [7, 11) is -3.26. The molecule has 0 radical (unpaired) electrons. The lowest BCUT2D eigenvalue weighted by atomic mass is 9.96. The molecule has 84 valence electrons. The van der Waals surface area contributed by atoms with Gasteiger partial charge in [-0.1, -0.05) is 6.42 Å². The zero-order chi connectivity index (χ0) is 10.4. The van der Waals surface area contributed by atoms with Crippen LogP contribution >= 0.6 is 0 Å². The van der Waals surface area contributed by atoms with Crippen LogP contribution in [0.15, 0.2) is 0 Å². The Morgan fingerprint density at radius 3 is 2.43 bits per heavy atom. The number of rotatable bonds is 7. The van der Waals surface area contributed by atoms with Crippen LogP contribution in [0.2, 0.25) is 0 Å². The molecule has 1 aliphatic rings. The minimum atomic E-state index is -3.26. The van der Waals surface area contributed by atoms with E-state index in [9.17, 15) is 8.42 Å². The maximum absolute atomic E-state index is 10.6. The van der Waals surface area contributed by atoms with Gasteiger partial charge >= 0.3 is 0 Å². The first-order valence-corrected chi connectivity index (χ1v) is 6.91. The lowest BCUT2D eigenvalue weighted by Crippen LogP contribution is -2.22. The number of hydrogen-bond donors (Lipinski definition) is 1. The van der Waals surface area contributed by atoms with Gasteiger partial charge in [-0.2, -0.15) is 0 Å². The summed E-state index contributed by atoms with van der Waals surface area (Å²) in [5, 5.41) is 4.87. The summed E-state index contributed by atoms with van der Waals surface area (Å²) < 4.78 is 26.7. The Morgan fingerprint density at radius 1 is 1.21 bits per heavy atom. The van der Waals surface area contributed by atoms with Crippen molar-refractivity contribution in [1.82, 2.24) is 0 Å². The van der Waals surface area contributed by atoms with E-state index < -0.39 is 10.0 Å². The van der Waals surface area contributed by atoms with Gasteiger partial charge in [-0.05, 0) is 32.1 Å². The normalized spacial score (nSPS) is 18.1. The van der Waals surface area contributed by atoms with Gasteiger partial charge in [0.2, 0.25) is 10.0 Å². The molecule has 1 aliphatic carbocycles. The maximum Gasteiger partial charge on any atom is 0.209 e. The Morgan fingerprint density at radius 2 is 1.93 bits per heavy atom. The fraction of sp³-hybridized carbons (Fsp3) is 1.00. The van der Waals surface area contributed by atoms with Gasteiger partial charge < -0.3 is 4.74 Å². The van der Waals surface area contributed by atoms with Crippen LogP contribution in [-0.2, 0) is 14.8 Å². The monoisotopic (exact) mass is 221 g/mol. The summed E-state index contributed by atoms with van der Waals surface area (Å²) in [6, 6.07) is 0. The molecule has 0 amide bonds.